The van der Waals surface area contributed by atoms with Gasteiger partial charge in [-0.05, 0) is 32.2 Å². The Morgan fingerprint density at radius 2 is 1.87 bits per heavy atom. The van der Waals surface area contributed by atoms with Crippen LogP contribution in [0, 0.1) is 5.92 Å². The van der Waals surface area contributed by atoms with Gasteiger partial charge in [0.15, 0.2) is 0 Å². The molecule has 2 nitrogen and oxygen atoms in total. The molecule has 0 fully saturated rings. The van der Waals surface area contributed by atoms with Gasteiger partial charge in [0, 0.05) is 12.6 Å². The van der Waals surface area contributed by atoms with Gasteiger partial charge in [-0.1, -0.05) is 33.6 Å². The lowest BCUT2D eigenvalue weighted by molar-refractivity contribution is 0.114. The van der Waals surface area contributed by atoms with E-state index in [9.17, 15) is 0 Å². The molecule has 0 heterocycles. The smallest absolute Gasteiger partial charge is 0.0619 e. The van der Waals surface area contributed by atoms with Gasteiger partial charge in [-0.3, -0.25) is 0 Å². The van der Waals surface area contributed by atoms with Crippen LogP contribution in [0.1, 0.15) is 53.4 Å². The maximum Gasteiger partial charge on any atom is 0.0619 e. The summed E-state index contributed by atoms with van der Waals surface area (Å²) in [6.07, 6.45) is 5.06. The molecule has 0 radical (unpaired) electrons. The first-order valence-electron chi connectivity index (χ1n) is 6.55. The molecule has 0 rings (SSSR count). The van der Waals surface area contributed by atoms with E-state index in [1.54, 1.807) is 0 Å². The highest BCUT2D eigenvalue weighted by atomic mass is 16.5. The van der Waals surface area contributed by atoms with Crippen LogP contribution in [0.4, 0.5) is 0 Å². The molecule has 1 N–H and O–H groups in total. The molecule has 0 aromatic rings. The van der Waals surface area contributed by atoms with Crippen molar-refractivity contribution in [2.24, 2.45) is 5.92 Å². The lowest BCUT2D eigenvalue weighted by atomic mass is 9.97. The molecule has 2 unspecified atom stereocenters. The van der Waals surface area contributed by atoms with E-state index in [0.29, 0.717) is 6.04 Å². The van der Waals surface area contributed by atoms with Crippen molar-refractivity contribution in [3.63, 3.8) is 0 Å². The zero-order chi connectivity index (χ0) is 11.5. The summed E-state index contributed by atoms with van der Waals surface area (Å²) in [4.78, 5) is 0. The SMILES string of the molecule is CCCNC(COCC)CC(C)CCC. The van der Waals surface area contributed by atoms with Gasteiger partial charge >= 0.3 is 0 Å². The summed E-state index contributed by atoms with van der Waals surface area (Å²) < 4.78 is 5.51. The van der Waals surface area contributed by atoms with Crippen LogP contribution in [0.3, 0.4) is 0 Å². The summed E-state index contributed by atoms with van der Waals surface area (Å²) in [6, 6.07) is 0.548. The minimum atomic E-state index is 0.548. The summed E-state index contributed by atoms with van der Waals surface area (Å²) in [6.45, 7) is 11.7. The molecule has 2 heteroatoms. The highest BCUT2D eigenvalue weighted by Gasteiger charge is 2.11. The van der Waals surface area contributed by atoms with Crippen LogP contribution in [0.2, 0.25) is 0 Å². The van der Waals surface area contributed by atoms with Gasteiger partial charge in [0.25, 0.3) is 0 Å². The third-order valence-electron chi connectivity index (χ3n) is 2.67. The third-order valence-corrected chi connectivity index (χ3v) is 2.67. The molecule has 0 aliphatic heterocycles. The number of hydrogen-bond donors (Lipinski definition) is 1. The highest BCUT2D eigenvalue weighted by molar-refractivity contribution is 4.69. The van der Waals surface area contributed by atoms with Crippen LogP contribution in [0.15, 0.2) is 0 Å². The van der Waals surface area contributed by atoms with Crippen LogP contribution >= 0.6 is 0 Å². The first-order valence-corrected chi connectivity index (χ1v) is 6.55. The fourth-order valence-electron chi connectivity index (χ4n) is 1.92. The van der Waals surface area contributed by atoms with Crippen molar-refractivity contribution in [1.29, 1.82) is 0 Å². The van der Waals surface area contributed by atoms with E-state index in [4.69, 9.17) is 4.74 Å². The molecule has 92 valence electrons. The summed E-state index contributed by atoms with van der Waals surface area (Å²) in [5.41, 5.74) is 0. The van der Waals surface area contributed by atoms with E-state index in [0.717, 1.165) is 25.7 Å². The molecule has 15 heavy (non-hydrogen) atoms. The Hall–Kier alpha value is -0.0800. The van der Waals surface area contributed by atoms with Gasteiger partial charge < -0.3 is 10.1 Å². The van der Waals surface area contributed by atoms with Crippen molar-refractivity contribution < 1.29 is 4.74 Å². The van der Waals surface area contributed by atoms with E-state index in [1.807, 2.05) is 0 Å². The molecular weight excluding hydrogens is 186 g/mol. The molecule has 2 atom stereocenters. The largest absolute Gasteiger partial charge is 0.380 e. The minimum Gasteiger partial charge on any atom is -0.380 e. The molecule has 0 aromatic heterocycles. The topological polar surface area (TPSA) is 21.3 Å². The van der Waals surface area contributed by atoms with Crippen LogP contribution in [0.5, 0.6) is 0 Å². The number of rotatable bonds is 10. The Morgan fingerprint density at radius 1 is 1.13 bits per heavy atom. The Kier molecular flexibility index (Phi) is 10.4. The molecule has 0 bridgehead atoms. The lowest BCUT2D eigenvalue weighted by Crippen LogP contribution is -2.35. The summed E-state index contributed by atoms with van der Waals surface area (Å²) in [5, 5.41) is 3.57. The average Bonchev–Trinajstić information content (AvgIpc) is 2.22. The standard InChI is InChI=1S/C13H29NO/c1-5-8-12(4)10-13(11-15-7-3)14-9-6-2/h12-14H,5-11H2,1-4H3. The van der Waals surface area contributed by atoms with Gasteiger partial charge in [-0.25, -0.2) is 0 Å². The molecule has 0 aromatic carbocycles. The van der Waals surface area contributed by atoms with Gasteiger partial charge in [-0.15, -0.1) is 0 Å². The second kappa shape index (κ2) is 10.4. The Morgan fingerprint density at radius 3 is 2.40 bits per heavy atom. The van der Waals surface area contributed by atoms with Crippen LogP contribution in [-0.4, -0.2) is 25.8 Å². The van der Waals surface area contributed by atoms with E-state index in [2.05, 4.69) is 33.0 Å². The number of ether oxygens (including phenoxy) is 1. The van der Waals surface area contributed by atoms with Gasteiger partial charge in [0.2, 0.25) is 0 Å². The average molecular weight is 215 g/mol. The van der Waals surface area contributed by atoms with Crippen LogP contribution < -0.4 is 5.32 Å². The maximum atomic E-state index is 5.51. The molecule has 0 saturated carbocycles. The molecule has 0 aliphatic carbocycles. The second-order valence-corrected chi connectivity index (χ2v) is 4.44. The predicted molar refractivity (Wildman–Crippen MR) is 67.3 cm³/mol. The third kappa shape index (κ3) is 8.88. The monoisotopic (exact) mass is 215 g/mol. The summed E-state index contributed by atoms with van der Waals surface area (Å²) in [5.74, 6) is 0.810. The van der Waals surface area contributed by atoms with Crippen molar-refractivity contribution in [2.45, 2.75) is 59.4 Å². The maximum absolute atomic E-state index is 5.51. The van der Waals surface area contributed by atoms with Gasteiger partial charge in [0.05, 0.1) is 6.61 Å². The Labute approximate surface area is 95.8 Å². The normalized spacial score (nSPS) is 15.2. The Bertz CT molecular complexity index is 120. The zero-order valence-electron chi connectivity index (χ0n) is 11.0. The van der Waals surface area contributed by atoms with E-state index >= 15 is 0 Å². The molecule has 0 aliphatic rings. The van der Waals surface area contributed by atoms with Crippen molar-refractivity contribution in [3.8, 4) is 0 Å². The molecular formula is C13H29NO. The highest BCUT2D eigenvalue weighted by Crippen LogP contribution is 2.12. The lowest BCUT2D eigenvalue weighted by Gasteiger charge is -2.21. The van der Waals surface area contributed by atoms with Crippen LogP contribution in [0.25, 0.3) is 0 Å². The fraction of sp³-hybridized carbons (Fsp3) is 1.00. The first kappa shape index (κ1) is 14.9. The van der Waals surface area contributed by atoms with E-state index in [1.165, 1.54) is 25.7 Å². The fourth-order valence-corrected chi connectivity index (χ4v) is 1.92. The van der Waals surface area contributed by atoms with Crippen molar-refractivity contribution >= 4 is 0 Å². The molecule has 0 saturated heterocycles. The van der Waals surface area contributed by atoms with Crippen molar-refractivity contribution in [1.82, 2.24) is 5.32 Å². The van der Waals surface area contributed by atoms with E-state index < -0.39 is 0 Å². The zero-order valence-corrected chi connectivity index (χ0v) is 11.0. The van der Waals surface area contributed by atoms with E-state index in [-0.39, 0.29) is 0 Å². The summed E-state index contributed by atoms with van der Waals surface area (Å²) in [7, 11) is 0. The number of hydrogen-bond acceptors (Lipinski definition) is 2. The van der Waals surface area contributed by atoms with Crippen molar-refractivity contribution in [3.05, 3.63) is 0 Å². The first-order chi connectivity index (χ1) is 7.24. The number of nitrogens with one attached hydrogen (secondary N) is 1. The molecule has 0 spiro atoms. The second-order valence-electron chi connectivity index (χ2n) is 4.44. The summed E-state index contributed by atoms with van der Waals surface area (Å²) >= 11 is 0. The quantitative estimate of drug-likeness (QED) is 0.604. The van der Waals surface area contributed by atoms with Crippen LogP contribution in [-0.2, 0) is 4.74 Å². The van der Waals surface area contributed by atoms with Gasteiger partial charge in [0.1, 0.15) is 0 Å². The van der Waals surface area contributed by atoms with Crippen molar-refractivity contribution in [2.75, 3.05) is 19.8 Å². The Balaban J connectivity index is 3.76. The molecule has 0 amide bonds. The predicted octanol–water partition coefficient (Wildman–Crippen LogP) is 3.22. The minimum absolute atomic E-state index is 0.548. The van der Waals surface area contributed by atoms with Gasteiger partial charge in [-0.2, -0.15) is 0 Å².